The van der Waals surface area contributed by atoms with Crippen LogP contribution in [0.5, 0.6) is 0 Å². The lowest BCUT2D eigenvalue weighted by molar-refractivity contribution is 0.0862. The molecule has 1 aromatic heterocycles. The molecular formula is C16H18N2O2S. The Morgan fingerprint density at radius 1 is 1.43 bits per heavy atom. The summed E-state index contributed by atoms with van der Waals surface area (Å²) in [5, 5.41) is 14.1. The summed E-state index contributed by atoms with van der Waals surface area (Å²) in [7, 11) is 0. The van der Waals surface area contributed by atoms with E-state index in [1.165, 1.54) is 11.3 Å². The van der Waals surface area contributed by atoms with Gasteiger partial charge in [-0.2, -0.15) is 0 Å². The summed E-state index contributed by atoms with van der Waals surface area (Å²) >= 11 is 1.41. The van der Waals surface area contributed by atoms with Crippen molar-refractivity contribution in [3.63, 3.8) is 0 Å². The second kappa shape index (κ2) is 5.58. The molecule has 1 heterocycles. The molecule has 1 aliphatic carbocycles. The quantitative estimate of drug-likeness (QED) is 0.916. The molecule has 2 N–H and O–H groups in total. The fraction of sp³-hybridized carbons (Fsp3) is 0.375. The van der Waals surface area contributed by atoms with Crippen molar-refractivity contribution in [2.75, 3.05) is 0 Å². The second-order valence-electron chi connectivity index (χ2n) is 5.64. The standard InChI is InChI=1S/C16H18N2O2S/c1-9(2)16-17-8-13(21-16)15(20)18-14-11-6-4-3-5-10(11)7-12(14)19/h3-6,8-9,12,14,19H,7H2,1-2H3,(H,18,20). The smallest absolute Gasteiger partial charge is 0.263 e. The van der Waals surface area contributed by atoms with E-state index in [2.05, 4.69) is 24.1 Å². The maximum atomic E-state index is 12.3. The van der Waals surface area contributed by atoms with Gasteiger partial charge in [0.05, 0.1) is 23.4 Å². The van der Waals surface area contributed by atoms with E-state index in [1.807, 2.05) is 24.3 Å². The molecule has 1 amide bonds. The number of fused-ring (bicyclic) bond motifs is 1. The normalized spacial score (nSPS) is 20.6. The van der Waals surface area contributed by atoms with E-state index in [-0.39, 0.29) is 11.9 Å². The first-order valence-corrected chi connectivity index (χ1v) is 7.90. The molecule has 0 fully saturated rings. The molecule has 5 heteroatoms. The van der Waals surface area contributed by atoms with E-state index < -0.39 is 6.10 Å². The van der Waals surface area contributed by atoms with Crippen molar-refractivity contribution in [1.29, 1.82) is 0 Å². The van der Waals surface area contributed by atoms with Gasteiger partial charge in [-0.1, -0.05) is 38.1 Å². The number of aromatic nitrogens is 1. The van der Waals surface area contributed by atoms with Crippen molar-refractivity contribution in [2.45, 2.75) is 38.3 Å². The maximum absolute atomic E-state index is 12.3. The predicted molar refractivity (Wildman–Crippen MR) is 82.6 cm³/mol. The third kappa shape index (κ3) is 2.71. The van der Waals surface area contributed by atoms with E-state index in [4.69, 9.17) is 0 Å². The number of aliphatic hydroxyl groups is 1. The van der Waals surface area contributed by atoms with Crippen LogP contribution < -0.4 is 5.32 Å². The van der Waals surface area contributed by atoms with Crippen LogP contribution in [0.15, 0.2) is 30.5 Å². The first-order chi connectivity index (χ1) is 10.1. The third-order valence-electron chi connectivity index (χ3n) is 3.73. The van der Waals surface area contributed by atoms with E-state index in [9.17, 15) is 9.90 Å². The highest BCUT2D eigenvalue weighted by Gasteiger charge is 2.32. The zero-order valence-corrected chi connectivity index (χ0v) is 12.9. The maximum Gasteiger partial charge on any atom is 0.263 e. The number of thiazole rings is 1. The number of amides is 1. The highest BCUT2D eigenvalue weighted by atomic mass is 32.1. The van der Waals surface area contributed by atoms with Gasteiger partial charge in [0, 0.05) is 12.3 Å². The van der Waals surface area contributed by atoms with Crippen LogP contribution in [0.1, 0.15) is 51.6 Å². The van der Waals surface area contributed by atoms with Gasteiger partial charge in [0.25, 0.3) is 5.91 Å². The second-order valence-corrected chi connectivity index (χ2v) is 6.70. The summed E-state index contributed by atoms with van der Waals surface area (Å²) in [6.45, 7) is 4.11. The third-order valence-corrected chi connectivity index (χ3v) is 5.03. The Morgan fingerprint density at radius 3 is 2.90 bits per heavy atom. The SMILES string of the molecule is CC(C)c1ncc(C(=O)NC2c3ccccc3CC2O)s1. The summed E-state index contributed by atoms with van der Waals surface area (Å²) in [6.07, 6.45) is 1.63. The van der Waals surface area contributed by atoms with Crippen LogP contribution in [0.3, 0.4) is 0 Å². The van der Waals surface area contributed by atoms with E-state index in [1.54, 1.807) is 6.20 Å². The average molecular weight is 302 g/mol. The zero-order chi connectivity index (χ0) is 15.0. The largest absolute Gasteiger partial charge is 0.390 e. The molecule has 0 saturated carbocycles. The summed E-state index contributed by atoms with van der Waals surface area (Å²) in [5.74, 6) is 0.148. The fourth-order valence-electron chi connectivity index (χ4n) is 2.62. The Bertz CT molecular complexity index is 666. The van der Waals surface area contributed by atoms with Crippen molar-refractivity contribution in [3.05, 3.63) is 51.5 Å². The molecule has 1 aliphatic rings. The van der Waals surface area contributed by atoms with Gasteiger partial charge in [0.2, 0.25) is 0 Å². The number of nitrogens with one attached hydrogen (secondary N) is 1. The summed E-state index contributed by atoms with van der Waals surface area (Å²) in [4.78, 5) is 17.2. The van der Waals surface area contributed by atoms with E-state index in [0.717, 1.165) is 16.1 Å². The number of benzene rings is 1. The van der Waals surface area contributed by atoms with Crippen LogP contribution in [0.25, 0.3) is 0 Å². The Hall–Kier alpha value is -1.72. The minimum atomic E-state index is -0.566. The van der Waals surface area contributed by atoms with Crippen molar-refractivity contribution in [1.82, 2.24) is 10.3 Å². The number of carbonyl (C=O) groups excluding carboxylic acids is 1. The van der Waals surface area contributed by atoms with Gasteiger partial charge in [0.1, 0.15) is 4.88 Å². The van der Waals surface area contributed by atoms with Gasteiger partial charge >= 0.3 is 0 Å². The molecule has 1 aromatic carbocycles. The fourth-order valence-corrected chi connectivity index (χ4v) is 3.44. The molecule has 110 valence electrons. The highest BCUT2D eigenvalue weighted by Crippen LogP contribution is 2.32. The summed E-state index contributed by atoms with van der Waals surface area (Å²) in [6, 6.07) is 7.50. The lowest BCUT2D eigenvalue weighted by atomic mass is 10.1. The number of hydrogen-bond acceptors (Lipinski definition) is 4. The molecule has 0 radical (unpaired) electrons. The molecular weight excluding hydrogens is 284 g/mol. The molecule has 3 rings (SSSR count). The van der Waals surface area contributed by atoms with Gasteiger partial charge in [-0.25, -0.2) is 4.98 Å². The van der Waals surface area contributed by atoms with Crippen LogP contribution in [0.4, 0.5) is 0 Å². The highest BCUT2D eigenvalue weighted by molar-refractivity contribution is 7.13. The Labute approximate surface area is 127 Å². The Kier molecular flexibility index (Phi) is 3.78. The average Bonchev–Trinajstić information content (AvgIpc) is 3.05. The van der Waals surface area contributed by atoms with Gasteiger partial charge in [0.15, 0.2) is 0 Å². The van der Waals surface area contributed by atoms with Crippen LogP contribution in [0, 0.1) is 0 Å². The summed E-state index contributed by atoms with van der Waals surface area (Å²) < 4.78 is 0. The number of rotatable bonds is 3. The van der Waals surface area contributed by atoms with Crippen molar-refractivity contribution < 1.29 is 9.90 Å². The minimum Gasteiger partial charge on any atom is -0.390 e. The number of carbonyl (C=O) groups is 1. The lowest BCUT2D eigenvalue weighted by Crippen LogP contribution is -2.33. The first-order valence-electron chi connectivity index (χ1n) is 7.08. The van der Waals surface area contributed by atoms with Crippen LogP contribution in [-0.4, -0.2) is 22.1 Å². The first kappa shape index (κ1) is 14.2. The Balaban J connectivity index is 1.78. The van der Waals surface area contributed by atoms with Crippen molar-refractivity contribution in [2.24, 2.45) is 0 Å². The number of aliphatic hydroxyl groups excluding tert-OH is 1. The van der Waals surface area contributed by atoms with Crippen molar-refractivity contribution in [3.8, 4) is 0 Å². The summed E-state index contributed by atoms with van der Waals surface area (Å²) in [5.41, 5.74) is 2.11. The van der Waals surface area contributed by atoms with Crippen LogP contribution in [-0.2, 0) is 6.42 Å². The van der Waals surface area contributed by atoms with Crippen molar-refractivity contribution >= 4 is 17.2 Å². The van der Waals surface area contributed by atoms with E-state index in [0.29, 0.717) is 17.2 Å². The van der Waals surface area contributed by atoms with Gasteiger partial charge in [-0.15, -0.1) is 11.3 Å². The van der Waals surface area contributed by atoms with E-state index >= 15 is 0 Å². The zero-order valence-electron chi connectivity index (χ0n) is 12.0. The Morgan fingerprint density at radius 2 is 2.19 bits per heavy atom. The molecule has 0 saturated heterocycles. The van der Waals surface area contributed by atoms with Gasteiger partial charge in [-0.3, -0.25) is 4.79 Å². The monoisotopic (exact) mass is 302 g/mol. The molecule has 2 atom stereocenters. The molecule has 21 heavy (non-hydrogen) atoms. The number of nitrogens with zero attached hydrogens (tertiary/aromatic N) is 1. The van der Waals surface area contributed by atoms with Crippen LogP contribution in [0.2, 0.25) is 0 Å². The predicted octanol–water partition coefficient (Wildman–Crippen LogP) is 2.65. The molecule has 0 spiro atoms. The van der Waals surface area contributed by atoms with Gasteiger partial charge in [-0.05, 0) is 11.1 Å². The molecule has 0 aliphatic heterocycles. The minimum absolute atomic E-state index is 0.167. The lowest BCUT2D eigenvalue weighted by Gasteiger charge is -2.17. The topological polar surface area (TPSA) is 62.2 Å². The number of hydrogen-bond donors (Lipinski definition) is 2. The molecule has 2 aromatic rings. The molecule has 0 bridgehead atoms. The molecule has 2 unspecified atom stereocenters. The van der Waals surface area contributed by atoms with Crippen LogP contribution >= 0.6 is 11.3 Å². The van der Waals surface area contributed by atoms with Gasteiger partial charge < -0.3 is 10.4 Å². The molecule has 4 nitrogen and oxygen atoms in total.